The van der Waals surface area contributed by atoms with Crippen molar-refractivity contribution in [3.05, 3.63) is 149 Å². The van der Waals surface area contributed by atoms with Gasteiger partial charge >= 0.3 is 18.2 Å². The topological polar surface area (TPSA) is 287 Å². The number of piperazine rings is 1. The molecular weight excluding hydrogens is 1330 g/mol. The van der Waals surface area contributed by atoms with Crippen LogP contribution in [0, 0.1) is 18.7 Å². The summed E-state index contributed by atoms with van der Waals surface area (Å²) in [6, 6.07) is 22.2. The lowest BCUT2D eigenvalue weighted by molar-refractivity contribution is -0.926. The molecule has 3 aromatic heterocycles. The summed E-state index contributed by atoms with van der Waals surface area (Å²) in [5.41, 5.74) is 4.51. The number of hydrogen-bond donors (Lipinski definition) is 5. The maximum atomic E-state index is 14.4. The first-order valence-electron chi connectivity index (χ1n) is 31.9. The van der Waals surface area contributed by atoms with Gasteiger partial charge in [-0.3, -0.25) is 38.5 Å². The number of aliphatic imine (C=N–C) groups is 1. The summed E-state index contributed by atoms with van der Waals surface area (Å²) < 4.78 is 79.9. The van der Waals surface area contributed by atoms with Crippen molar-refractivity contribution in [2.45, 2.75) is 90.5 Å². The number of fused-ring (bicyclic) bond motifs is 1. The number of thiophene rings is 1. The third-order valence-corrected chi connectivity index (χ3v) is 18.4. The maximum Gasteiger partial charge on any atom is 0.408 e. The lowest BCUT2D eigenvalue weighted by Crippen LogP contribution is -2.57. The Balaban J connectivity index is 0.798. The van der Waals surface area contributed by atoms with E-state index in [1.165, 1.54) is 54.2 Å². The number of nitrogens with one attached hydrogen (secondary N) is 4. The summed E-state index contributed by atoms with van der Waals surface area (Å²) in [4.78, 5) is 106. The Morgan fingerprint density at radius 2 is 1.60 bits per heavy atom. The number of carboxylic acids is 1. The van der Waals surface area contributed by atoms with Crippen molar-refractivity contribution < 1.29 is 79.7 Å². The van der Waals surface area contributed by atoms with Crippen molar-refractivity contribution >= 4 is 87.1 Å². The van der Waals surface area contributed by atoms with Crippen LogP contribution in [-0.2, 0) is 59.6 Å². The van der Waals surface area contributed by atoms with Crippen LogP contribution >= 0.6 is 22.9 Å². The Kier molecular flexibility index (Phi) is 25.1. The van der Waals surface area contributed by atoms with E-state index in [1.54, 1.807) is 68.4 Å². The minimum atomic E-state index is -4.52. The minimum Gasteiger partial charge on any atom is -0.491 e. The third-order valence-electron chi connectivity index (χ3n) is 16.8. The van der Waals surface area contributed by atoms with Gasteiger partial charge in [0.2, 0.25) is 29.7 Å². The number of alkyl halides is 3. The highest BCUT2D eigenvalue weighted by Crippen LogP contribution is 2.49. The van der Waals surface area contributed by atoms with Gasteiger partial charge in [0.25, 0.3) is 11.8 Å². The van der Waals surface area contributed by atoms with Crippen LogP contribution in [0.2, 0.25) is 5.02 Å². The number of anilines is 1. The SMILES string of the molecule is C=NC(=O)NCCC[C@H](NC(=O)C(NC(=O)CCOCCN1C(=O)C=CC1=O)C(C)C)C(=O)Nc1ccc(C[N+]2(C)CCN(CCOc3ccc(-c4c(-c5ccc(F)cc5)sc5ncnc(O[C@H](Cc6ccccc6OCc6ccnn6CC(F)(F)F)C(=O)O)c45)c(C)c3Cl)CC2)cc1. The fourth-order valence-electron chi connectivity index (χ4n) is 11.3. The van der Waals surface area contributed by atoms with Crippen molar-refractivity contribution in [2.24, 2.45) is 10.9 Å². The number of imide groups is 1. The summed E-state index contributed by atoms with van der Waals surface area (Å²) in [6.07, 6.45) is -1.17. The number of aliphatic carboxylic acids is 1. The van der Waals surface area contributed by atoms with E-state index in [0.717, 1.165) is 45.8 Å². The smallest absolute Gasteiger partial charge is 0.408 e. The molecule has 7 aromatic rings. The second-order valence-electron chi connectivity index (χ2n) is 24.4. The molecule has 2 aliphatic heterocycles. The number of nitrogens with zero attached hydrogens (tertiary/aromatic N) is 8. The van der Waals surface area contributed by atoms with Crippen molar-refractivity contribution in [2.75, 3.05) is 78.0 Å². The van der Waals surface area contributed by atoms with Gasteiger partial charge in [0.05, 0.1) is 56.0 Å². The molecule has 7 amide bonds. The van der Waals surface area contributed by atoms with E-state index in [9.17, 15) is 56.2 Å². The summed E-state index contributed by atoms with van der Waals surface area (Å²) in [5, 5.41) is 26.1. The van der Waals surface area contributed by atoms with Crippen molar-refractivity contribution in [3.8, 4) is 38.9 Å². The van der Waals surface area contributed by atoms with E-state index in [2.05, 4.69) is 60.0 Å². The second-order valence-corrected chi connectivity index (χ2v) is 25.7. The zero-order valence-corrected chi connectivity index (χ0v) is 56.4. The first kappa shape index (κ1) is 73.6. The quantitative estimate of drug-likeness (QED) is 0.00843. The molecule has 2 aliphatic rings. The minimum absolute atomic E-state index is 0.0224. The average Bonchev–Trinajstić information content (AvgIpc) is 1.62. The Morgan fingerprint density at radius 3 is 2.29 bits per heavy atom. The van der Waals surface area contributed by atoms with Crippen LogP contribution in [0.1, 0.15) is 55.5 Å². The van der Waals surface area contributed by atoms with Gasteiger partial charge < -0.3 is 49.8 Å². The standard InChI is InChI=1S/C69H75ClF4N12O12S/c1-42(2)61(82-55(87)25-34-95-35-31-84-56(88)22-23-57(84)89)64(91)81-51(10-8-26-76-68(94)75-4)63(90)80-48-18-12-44(13-19-48)38-86(5)32-28-83(29-33-86)30-36-96-53-21-20-50(43(3)60(53)70)58-59-65(77-41-78-66(59)99-62(58)45-14-16-47(71)17-15-45)98-54(67(92)93)37-46-9-6-7-11-52(46)97-39-49-24-27-79-85(49)40-69(72,73)74/h6-7,9,11-24,27,41-42,51,54,61H,4,8,10,25-26,28-40H2,1-3,5H3,(H4-,76,80,81,82,87,90,91,92,93,94)/p+1/t51-,54+,61?/m0/s1. The predicted octanol–water partition coefficient (Wildman–Crippen LogP) is 8.97. The number of carboxylic acid groups (broad SMARTS) is 1. The maximum absolute atomic E-state index is 14.4. The molecule has 5 N–H and O–H groups in total. The predicted molar refractivity (Wildman–Crippen MR) is 362 cm³/mol. The highest BCUT2D eigenvalue weighted by Gasteiger charge is 2.34. The molecule has 3 atom stereocenters. The van der Waals surface area contributed by atoms with Gasteiger partial charge in [0, 0.05) is 79.1 Å². The number of carbonyl (C=O) groups excluding carboxylic acids is 6. The Hall–Kier alpha value is -9.68. The van der Waals surface area contributed by atoms with Gasteiger partial charge in [-0.15, -0.1) is 11.3 Å². The molecule has 524 valence electrons. The average molecular weight is 1410 g/mol. The number of urea groups is 1. The fraction of sp³-hybridized carbons (Fsp3) is 0.377. The number of hydrogen-bond acceptors (Lipinski definition) is 16. The molecule has 0 bridgehead atoms. The molecule has 9 rings (SSSR count). The molecule has 1 saturated heterocycles. The molecule has 0 saturated carbocycles. The summed E-state index contributed by atoms with van der Waals surface area (Å²) in [7, 11) is 2.19. The van der Waals surface area contributed by atoms with Crippen molar-refractivity contribution in [1.82, 2.24) is 45.5 Å². The van der Waals surface area contributed by atoms with Crippen LogP contribution in [-0.4, -0.2) is 184 Å². The molecule has 0 radical (unpaired) electrons. The summed E-state index contributed by atoms with van der Waals surface area (Å²) in [6.45, 7) is 11.9. The van der Waals surface area contributed by atoms with Crippen molar-refractivity contribution in [1.29, 1.82) is 0 Å². The molecular formula is C69H76ClF4N12O12S+. The number of likely N-dealkylation sites (N-methyl/N-ethyl adjacent to an activating group) is 1. The highest BCUT2D eigenvalue weighted by atomic mass is 35.5. The number of quaternary nitrogens is 1. The second kappa shape index (κ2) is 33.7. The molecule has 30 heteroatoms. The van der Waals surface area contributed by atoms with Crippen LogP contribution in [0.3, 0.4) is 0 Å². The van der Waals surface area contributed by atoms with Gasteiger partial charge in [-0.2, -0.15) is 18.3 Å². The van der Waals surface area contributed by atoms with Crippen LogP contribution in [0.4, 0.5) is 28.0 Å². The zero-order valence-electron chi connectivity index (χ0n) is 54.8. The third kappa shape index (κ3) is 20.0. The lowest BCUT2D eigenvalue weighted by atomic mass is 9.96. The number of benzene rings is 4. The van der Waals surface area contributed by atoms with Crippen LogP contribution in [0.25, 0.3) is 31.8 Å². The van der Waals surface area contributed by atoms with E-state index in [-0.39, 0.29) is 75.4 Å². The lowest BCUT2D eigenvalue weighted by Gasteiger charge is -2.42. The Bertz CT molecular complexity index is 4070. The van der Waals surface area contributed by atoms with E-state index < -0.39 is 78.3 Å². The largest absolute Gasteiger partial charge is 0.491 e. The van der Waals surface area contributed by atoms with E-state index in [0.29, 0.717) is 85.5 Å². The Morgan fingerprint density at radius 1 is 0.869 bits per heavy atom. The van der Waals surface area contributed by atoms with Gasteiger partial charge in [-0.25, -0.2) is 28.9 Å². The van der Waals surface area contributed by atoms with Gasteiger partial charge in [0.1, 0.15) is 66.9 Å². The number of aromatic nitrogens is 4. The number of carbonyl (C=O) groups is 7. The number of amides is 7. The molecule has 0 spiro atoms. The molecule has 24 nitrogen and oxygen atoms in total. The van der Waals surface area contributed by atoms with Gasteiger partial charge in [0.15, 0.2) is 0 Å². The normalized spacial score (nSPS) is 14.8. The molecule has 4 aromatic carbocycles. The summed E-state index contributed by atoms with van der Waals surface area (Å²) >= 11 is 8.45. The zero-order chi connectivity index (χ0) is 71.0. The fourth-order valence-corrected chi connectivity index (χ4v) is 12.7. The first-order valence-corrected chi connectivity index (χ1v) is 33.1. The number of ether oxygens (including phenoxy) is 4. The molecule has 5 heterocycles. The number of para-hydroxylation sites is 1. The summed E-state index contributed by atoms with van der Waals surface area (Å²) in [5.74, 6) is -4.04. The van der Waals surface area contributed by atoms with Gasteiger partial charge in [-0.1, -0.05) is 74.0 Å². The monoisotopic (exact) mass is 1410 g/mol. The molecule has 0 aliphatic carbocycles. The number of rotatable bonds is 33. The van der Waals surface area contributed by atoms with E-state index in [1.807, 2.05) is 25.1 Å². The van der Waals surface area contributed by atoms with E-state index in [4.69, 9.17) is 30.5 Å². The molecule has 99 heavy (non-hydrogen) atoms. The van der Waals surface area contributed by atoms with Gasteiger partial charge in [-0.05, 0) is 97.1 Å². The van der Waals surface area contributed by atoms with Crippen LogP contribution < -0.4 is 35.5 Å². The van der Waals surface area contributed by atoms with Crippen molar-refractivity contribution in [3.63, 3.8) is 0 Å². The number of halogens is 5. The highest BCUT2D eigenvalue weighted by molar-refractivity contribution is 7.22. The van der Waals surface area contributed by atoms with E-state index >= 15 is 0 Å². The van der Waals surface area contributed by atoms with Crippen LogP contribution in [0.15, 0.2) is 121 Å². The first-order chi connectivity index (χ1) is 47.3. The molecule has 1 fully saturated rings. The Labute approximate surface area is 576 Å². The van der Waals surface area contributed by atoms with Crippen LogP contribution in [0.5, 0.6) is 17.4 Å². The molecule has 1 unspecified atom stereocenters.